The standard InChI is InChI=1S/C14H16N4O5/c1-3-22-23-12(19)9-6-10-4-7-11(8-5-10)13-15-14(18(20)21)16-17(13)2/h4-5,7-8H,3,6,9H2,1-2H3. The lowest BCUT2D eigenvalue weighted by Crippen LogP contribution is -2.06. The Kier molecular flexibility index (Phi) is 5.36. The van der Waals surface area contributed by atoms with Crippen molar-refractivity contribution in [2.45, 2.75) is 19.8 Å². The van der Waals surface area contributed by atoms with Crippen molar-refractivity contribution >= 4 is 11.9 Å². The lowest BCUT2D eigenvalue weighted by molar-refractivity contribution is -0.394. The monoisotopic (exact) mass is 320 g/mol. The van der Waals surface area contributed by atoms with E-state index >= 15 is 0 Å². The van der Waals surface area contributed by atoms with Crippen molar-refractivity contribution in [2.24, 2.45) is 7.05 Å². The van der Waals surface area contributed by atoms with Crippen LogP contribution in [0.4, 0.5) is 5.95 Å². The maximum atomic E-state index is 11.3. The van der Waals surface area contributed by atoms with Gasteiger partial charge < -0.3 is 10.1 Å². The Balaban J connectivity index is 2.02. The van der Waals surface area contributed by atoms with E-state index in [9.17, 15) is 14.9 Å². The van der Waals surface area contributed by atoms with Crippen LogP contribution in [0.25, 0.3) is 11.4 Å². The molecular formula is C14H16N4O5. The lowest BCUT2D eigenvalue weighted by Gasteiger charge is -2.03. The third-order valence-electron chi connectivity index (χ3n) is 3.01. The molecule has 2 aromatic rings. The van der Waals surface area contributed by atoms with Crippen LogP contribution in [0.1, 0.15) is 18.9 Å². The number of aromatic nitrogens is 3. The van der Waals surface area contributed by atoms with Gasteiger partial charge in [0.15, 0.2) is 0 Å². The van der Waals surface area contributed by atoms with E-state index in [1.165, 1.54) is 4.68 Å². The largest absolute Gasteiger partial charge is 0.491 e. The molecule has 1 aromatic carbocycles. The van der Waals surface area contributed by atoms with Crippen LogP contribution in [-0.2, 0) is 28.0 Å². The fraction of sp³-hybridized carbons (Fsp3) is 0.357. The van der Waals surface area contributed by atoms with E-state index in [-0.39, 0.29) is 6.42 Å². The Morgan fingerprint density at radius 2 is 2.04 bits per heavy atom. The smallest absolute Gasteiger partial charge is 0.390 e. The average molecular weight is 320 g/mol. The summed E-state index contributed by atoms with van der Waals surface area (Å²) in [5.41, 5.74) is 1.63. The molecule has 1 aromatic heterocycles. The molecule has 0 unspecified atom stereocenters. The molecule has 0 radical (unpaired) electrons. The van der Waals surface area contributed by atoms with Crippen LogP contribution in [0.2, 0.25) is 0 Å². The first-order valence-electron chi connectivity index (χ1n) is 6.98. The SMILES string of the molecule is CCOOC(=O)CCc1ccc(-c2nc([N+](=O)[O-])nn2C)cc1. The summed E-state index contributed by atoms with van der Waals surface area (Å²) in [5, 5.41) is 14.4. The first-order chi connectivity index (χ1) is 11.0. The molecule has 0 N–H and O–H groups in total. The molecule has 9 nitrogen and oxygen atoms in total. The summed E-state index contributed by atoms with van der Waals surface area (Å²) < 4.78 is 1.35. The molecule has 0 aliphatic rings. The highest BCUT2D eigenvalue weighted by molar-refractivity contribution is 5.69. The number of nitro groups is 1. The third kappa shape index (κ3) is 4.33. The summed E-state index contributed by atoms with van der Waals surface area (Å²) in [6.45, 7) is 2.03. The van der Waals surface area contributed by atoms with E-state index in [0.29, 0.717) is 24.4 Å². The average Bonchev–Trinajstić information content (AvgIpc) is 2.93. The minimum absolute atomic E-state index is 0.203. The summed E-state index contributed by atoms with van der Waals surface area (Å²) in [6.07, 6.45) is 0.708. The normalized spacial score (nSPS) is 10.5. The quantitative estimate of drug-likeness (QED) is 0.434. The second kappa shape index (κ2) is 7.45. The molecule has 23 heavy (non-hydrogen) atoms. The van der Waals surface area contributed by atoms with Crippen LogP contribution in [0.5, 0.6) is 0 Å². The molecule has 0 atom stereocenters. The van der Waals surface area contributed by atoms with Crippen molar-refractivity contribution < 1.29 is 19.5 Å². The minimum Gasteiger partial charge on any atom is -0.390 e. The summed E-state index contributed by atoms with van der Waals surface area (Å²) in [6, 6.07) is 7.20. The number of rotatable bonds is 7. The Morgan fingerprint density at radius 1 is 1.35 bits per heavy atom. The zero-order valence-electron chi connectivity index (χ0n) is 12.8. The van der Waals surface area contributed by atoms with Crippen LogP contribution in [0.15, 0.2) is 24.3 Å². The van der Waals surface area contributed by atoms with Gasteiger partial charge in [-0.05, 0) is 40.9 Å². The first kappa shape index (κ1) is 16.6. The lowest BCUT2D eigenvalue weighted by atomic mass is 10.1. The zero-order valence-corrected chi connectivity index (χ0v) is 12.8. The van der Waals surface area contributed by atoms with Gasteiger partial charge in [0.05, 0.1) is 13.0 Å². The van der Waals surface area contributed by atoms with E-state index in [0.717, 1.165) is 5.56 Å². The highest BCUT2D eigenvalue weighted by Crippen LogP contribution is 2.20. The van der Waals surface area contributed by atoms with Gasteiger partial charge in [-0.1, -0.05) is 12.1 Å². The van der Waals surface area contributed by atoms with Crippen molar-refractivity contribution in [3.8, 4) is 11.4 Å². The van der Waals surface area contributed by atoms with Gasteiger partial charge in [-0.2, -0.15) is 9.57 Å². The Hall–Kier alpha value is -2.81. The second-order valence-electron chi connectivity index (χ2n) is 4.67. The van der Waals surface area contributed by atoms with Gasteiger partial charge in [0, 0.05) is 17.7 Å². The zero-order chi connectivity index (χ0) is 16.8. The topological polar surface area (TPSA) is 109 Å². The van der Waals surface area contributed by atoms with Crippen molar-refractivity contribution in [1.82, 2.24) is 14.8 Å². The molecule has 0 bridgehead atoms. The maximum absolute atomic E-state index is 11.3. The van der Waals surface area contributed by atoms with Gasteiger partial charge in [-0.15, -0.1) is 0 Å². The minimum atomic E-state index is -0.637. The molecule has 1 heterocycles. The highest BCUT2D eigenvalue weighted by Gasteiger charge is 2.20. The van der Waals surface area contributed by atoms with Gasteiger partial charge in [-0.3, -0.25) is 4.89 Å². The van der Waals surface area contributed by atoms with Crippen molar-refractivity contribution in [1.29, 1.82) is 0 Å². The highest BCUT2D eigenvalue weighted by atomic mass is 17.2. The fourth-order valence-electron chi connectivity index (χ4n) is 1.93. The van der Waals surface area contributed by atoms with Gasteiger partial charge in [-0.25, -0.2) is 4.79 Å². The maximum Gasteiger partial charge on any atom is 0.491 e. The molecule has 0 saturated heterocycles. The Bertz CT molecular complexity index is 696. The van der Waals surface area contributed by atoms with Gasteiger partial charge >= 0.3 is 11.9 Å². The summed E-state index contributed by atoms with van der Waals surface area (Å²) in [4.78, 5) is 34.4. The van der Waals surface area contributed by atoms with Gasteiger partial charge in [0.25, 0.3) is 0 Å². The summed E-state index contributed by atoms with van der Waals surface area (Å²) >= 11 is 0. The number of hydrogen-bond donors (Lipinski definition) is 0. The Morgan fingerprint density at radius 3 is 2.61 bits per heavy atom. The molecule has 0 fully saturated rings. The molecule has 9 heteroatoms. The summed E-state index contributed by atoms with van der Waals surface area (Å²) in [5.74, 6) is -0.468. The van der Waals surface area contributed by atoms with E-state index in [1.807, 2.05) is 12.1 Å². The van der Waals surface area contributed by atoms with E-state index in [1.54, 1.807) is 26.1 Å². The van der Waals surface area contributed by atoms with Crippen LogP contribution in [0.3, 0.4) is 0 Å². The van der Waals surface area contributed by atoms with E-state index in [4.69, 9.17) is 0 Å². The molecule has 0 amide bonds. The molecule has 0 aliphatic carbocycles. The van der Waals surface area contributed by atoms with Crippen LogP contribution < -0.4 is 0 Å². The number of benzene rings is 1. The molecule has 2 rings (SSSR count). The van der Waals surface area contributed by atoms with Gasteiger partial charge in [0.1, 0.15) is 0 Å². The predicted octanol–water partition coefficient (Wildman–Crippen LogP) is 1.82. The molecule has 122 valence electrons. The van der Waals surface area contributed by atoms with Crippen molar-refractivity contribution in [2.75, 3.05) is 6.61 Å². The third-order valence-corrected chi connectivity index (χ3v) is 3.01. The molecule has 0 spiro atoms. The molecular weight excluding hydrogens is 304 g/mol. The fourth-order valence-corrected chi connectivity index (χ4v) is 1.93. The number of aryl methyl sites for hydroxylation is 2. The van der Waals surface area contributed by atoms with Crippen LogP contribution >= 0.6 is 0 Å². The van der Waals surface area contributed by atoms with Crippen molar-refractivity contribution in [3.63, 3.8) is 0 Å². The van der Waals surface area contributed by atoms with E-state index in [2.05, 4.69) is 19.9 Å². The molecule has 0 aliphatic heterocycles. The predicted molar refractivity (Wildman–Crippen MR) is 79.1 cm³/mol. The first-order valence-corrected chi connectivity index (χ1v) is 6.98. The number of nitrogens with zero attached hydrogens (tertiary/aromatic N) is 4. The van der Waals surface area contributed by atoms with Crippen LogP contribution in [0, 0.1) is 10.1 Å². The van der Waals surface area contributed by atoms with Crippen molar-refractivity contribution in [3.05, 3.63) is 39.9 Å². The number of hydrogen-bond acceptors (Lipinski definition) is 7. The Labute approximate surface area is 131 Å². The van der Waals surface area contributed by atoms with Crippen LogP contribution in [-0.4, -0.2) is 32.3 Å². The summed E-state index contributed by atoms with van der Waals surface area (Å²) in [7, 11) is 1.59. The van der Waals surface area contributed by atoms with E-state index < -0.39 is 16.8 Å². The number of carbonyl (C=O) groups is 1. The number of carbonyl (C=O) groups excluding carboxylic acids is 1. The molecule has 0 saturated carbocycles. The second-order valence-corrected chi connectivity index (χ2v) is 4.67. The van der Waals surface area contributed by atoms with Gasteiger partial charge in [0.2, 0.25) is 5.82 Å².